The van der Waals surface area contributed by atoms with Gasteiger partial charge in [0.15, 0.2) is 0 Å². The first kappa shape index (κ1) is 22.0. The van der Waals surface area contributed by atoms with Gasteiger partial charge in [-0.25, -0.2) is 0 Å². The number of halogens is 1. The fraction of sp³-hybridized carbons (Fsp3) is 0.391. The van der Waals surface area contributed by atoms with Gasteiger partial charge in [-0.1, -0.05) is 67.4 Å². The molecule has 0 bridgehead atoms. The number of nitrogens with zero attached hydrogens (tertiary/aromatic N) is 1. The van der Waals surface area contributed by atoms with Gasteiger partial charge in [0.1, 0.15) is 6.04 Å². The van der Waals surface area contributed by atoms with E-state index in [0.29, 0.717) is 24.5 Å². The second kappa shape index (κ2) is 11.5. The van der Waals surface area contributed by atoms with Gasteiger partial charge < -0.3 is 10.2 Å². The molecule has 0 saturated heterocycles. The van der Waals surface area contributed by atoms with Crippen LogP contribution in [-0.4, -0.2) is 35.8 Å². The highest BCUT2D eigenvalue weighted by Crippen LogP contribution is 2.13. The molecule has 0 saturated carbocycles. The second-order valence-electron chi connectivity index (χ2n) is 6.95. The van der Waals surface area contributed by atoms with Crippen LogP contribution < -0.4 is 5.32 Å². The van der Waals surface area contributed by atoms with Crippen LogP contribution in [0.3, 0.4) is 0 Å². The maximum Gasteiger partial charge on any atom is 0.242 e. The largest absolute Gasteiger partial charge is 0.354 e. The molecule has 2 rings (SSSR count). The molecule has 0 aromatic heterocycles. The highest BCUT2D eigenvalue weighted by molar-refractivity contribution is 6.30. The molecule has 1 atom stereocenters. The topological polar surface area (TPSA) is 49.4 Å². The molecular formula is C23H29ClN2O2. The molecule has 1 unspecified atom stereocenters. The third-order valence-corrected chi connectivity index (χ3v) is 5.00. The molecule has 0 aliphatic carbocycles. The van der Waals surface area contributed by atoms with Crippen LogP contribution in [0.15, 0.2) is 54.6 Å². The van der Waals surface area contributed by atoms with Crippen LogP contribution in [0, 0.1) is 0 Å². The van der Waals surface area contributed by atoms with E-state index >= 15 is 0 Å². The molecule has 5 heteroatoms. The van der Waals surface area contributed by atoms with Crippen molar-refractivity contribution < 1.29 is 9.59 Å². The van der Waals surface area contributed by atoms with E-state index in [9.17, 15) is 9.59 Å². The van der Waals surface area contributed by atoms with Crippen LogP contribution in [0.2, 0.25) is 5.02 Å². The van der Waals surface area contributed by atoms with Crippen LogP contribution in [0.5, 0.6) is 0 Å². The number of carbonyl (C=O) groups excluding carboxylic acids is 2. The molecule has 2 aromatic carbocycles. The monoisotopic (exact) mass is 400 g/mol. The van der Waals surface area contributed by atoms with Crippen LogP contribution in [-0.2, 0) is 22.4 Å². The summed E-state index contributed by atoms with van der Waals surface area (Å²) in [6.07, 6.45) is 2.90. The Bertz CT molecular complexity index is 747. The van der Waals surface area contributed by atoms with Crippen LogP contribution in [0.1, 0.15) is 37.8 Å². The third kappa shape index (κ3) is 7.01. The summed E-state index contributed by atoms with van der Waals surface area (Å²) in [5.41, 5.74) is 2.03. The Balaban J connectivity index is 2.08. The van der Waals surface area contributed by atoms with Crippen molar-refractivity contribution in [3.8, 4) is 0 Å². The van der Waals surface area contributed by atoms with Crippen molar-refractivity contribution in [3.63, 3.8) is 0 Å². The molecule has 0 aliphatic heterocycles. The van der Waals surface area contributed by atoms with Crippen LogP contribution in [0.4, 0.5) is 0 Å². The van der Waals surface area contributed by atoms with E-state index in [4.69, 9.17) is 11.6 Å². The fourth-order valence-corrected chi connectivity index (χ4v) is 3.11. The summed E-state index contributed by atoms with van der Waals surface area (Å²) in [5.74, 6) is -0.164. The Labute approximate surface area is 172 Å². The Kier molecular flexibility index (Phi) is 9.02. The smallest absolute Gasteiger partial charge is 0.242 e. The first-order valence-electron chi connectivity index (χ1n) is 9.86. The fourth-order valence-electron chi connectivity index (χ4n) is 2.98. The van der Waals surface area contributed by atoms with Crippen molar-refractivity contribution >= 4 is 23.4 Å². The lowest BCUT2D eigenvalue weighted by molar-refractivity contribution is -0.139. The van der Waals surface area contributed by atoms with Crippen molar-refractivity contribution in [2.24, 2.45) is 0 Å². The maximum absolute atomic E-state index is 13.0. The minimum absolute atomic E-state index is 0.0589. The molecule has 0 fully saturated rings. The number of nitrogens with one attached hydrogen (secondary N) is 1. The van der Waals surface area contributed by atoms with Gasteiger partial charge >= 0.3 is 0 Å². The predicted molar refractivity (Wildman–Crippen MR) is 114 cm³/mol. The van der Waals surface area contributed by atoms with Crippen LogP contribution in [0.25, 0.3) is 0 Å². The third-order valence-electron chi connectivity index (χ3n) is 4.75. The van der Waals surface area contributed by atoms with Gasteiger partial charge in [-0.15, -0.1) is 0 Å². The van der Waals surface area contributed by atoms with E-state index in [1.165, 1.54) is 0 Å². The Morgan fingerprint density at radius 1 is 1.04 bits per heavy atom. The summed E-state index contributed by atoms with van der Waals surface area (Å²) in [7, 11) is 0. The van der Waals surface area contributed by atoms with E-state index in [2.05, 4.69) is 12.2 Å². The van der Waals surface area contributed by atoms with Crippen molar-refractivity contribution in [1.82, 2.24) is 10.2 Å². The molecule has 150 valence electrons. The van der Waals surface area contributed by atoms with Gasteiger partial charge in [-0.05, 0) is 43.0 Å². The first-order chi connectivity index (χ1) is 13.5. The lowest BCUT2D eigenvalue weighted by Gasteiger charge is -2.29. The normalized spacial score (nSPS) is 11.7. The average Bonchev–Trinajstić information content (AvgIpc) is 2.70. The molecule has 2 aromatic rings. The standard InChI is InChI=1S/C23H29ClN2O2/c1-3-4-15-25-23(28)18(2)26(16-14-19-8-6-5-7-9-19)22(27)17-20-10-12-21(24)13-11-20/h5-13,18H,3-4,14-17H2,1-2H3,(H,25,28). The van der Waals surface area contributed by atoms with Crippen molar-refractivity contribution in [2.45, 2.75) is 45.6 Å². The molecule has 0 heterocycles. The summed E-state index contributed by atoms with van der Waals surface area (Å²) in [5, 5.41) is 3.58. The van der Waals surface area contributed by atoms with E-state index in [-0.39, 0.29) is 18.2 Å². The van der Waals surface area contributed by atoms with Crippen molar-refractivity contribution in [3.05, 3.63) is 70.7 Å². The predicted octanol–water partition coefficient (Wildman–Crippen LogP) is 4.26. The number of amides is 2. The molecule has 28 heavy (non-hydrogen) atoms. The minimum atomic E-state index is -0.514. The number of carbonyl (C=O) groups is 2. The van der Waals surface area contributed by atoms with E-state index in [1.807, 2.05) is 42.5 Å². The van der Waals surface area contributed by atoms with Gasteiger partial charge in [-0.3, -0.25) is 9.59 Å². The number of benzene rings is 2. The maximum atomic E-state index is 13.0. The Morgan fingerprint density at radius 3 is 2.36 bits per heavy atom. The second-order valence-corrected chi connectivity index (χ2v) is 7.38. The zero-order valence-electron chi connectivity index (χ0n) is 16.7. The summed E-state index contributed by atoms with van der Waals surface area (Å²) >= 11 is 5.93. The van der Waals surface area contributed by atoms with Gasteiger partial charge in [-0.2, -0.15) is 0 Å². The van der Waals surface area contributed by atoms with Gasteiger partial charge in [0.2, 0.25) is 11.8 Å². The minimum Gasteiger partial charge on any atom is -0.354 e. The quantitative estimate of drug-likeness (QED) is 0.606. The Hall–Kier alpha value is -2.33. The van der Waals surface area contributed by atoms with Gasteiger partial charge in [0.25, 0.3) is 0 Å². The van der Waals surface area contributed by atoms with Crippen LogP contribution >= 0.6 is 11.6 Å². The van der Waals surface area contributed by atoms with Crippen molar-refractivity contribution in [2.75, 3.05) is 13.1 Å². The Morgan fingerprint density at radius 2 is 1.71 bits per heavy atom. The molecule has 0 aliphatic rings. The molecule has 1 N–H and O–H groups in total. The van der Waals surface area contributed by atoms with Crippen molar-refractivity contribution in [1.29, 1.82) is 0 Å². The van der Waals surface area contributed by atoms with E-state index in [0.717, 1.165) is 24.0 Å². The summed E-state index contributed by atoms with van der Waals surface area (Å²) in [6, 6.07) is 16.7. The highest BCUT2D eigenvalue weighted by Gasteiger charge is 2.25. The van der Waals surface area contributed by atoms with E-state index < -0.39 is 6.04 Å². The zero-order valence-corrected chi connectivity index (χ0v) is 17.4. The molecule has 2 amide bonds. The van der Waals surface area contributed by atoms with E-state index in [1.54, 1.807) is 24.0 Å². The molecule has 4 nitrogen and oxygen atoms in total. The highest BCUT2D eigenvalue weighted by atomic mass is 35.5. The SMILES string of the molecule is CCCCNC(=O)C(C)N(CCc1ccccc1)C(=O)Cc1ccc(Cl)cc1. The molecule has 0 spiro atoms. The average molecular weight is 401 g/mol. The number of hydrogen-bond acceptors (Lipinski definition) is 2. The van der Waals surface area contributed by atoms with Gasteiger partial charge in [0.05, 0.1) is 6.42 Å². The number of rotatable bonds is 10. The summed E-state index contributed by atoms with van der Waals surface area (Å²) in [4.78, 5) is 27.2. The lowest BCUT2D eigenvalue weighted by atomic mass is 10.1. The zero-order chi connectivity index (χ0) is 20.4. The number of hydrogen-bond donors (Lipinski definition) is 1. The van der Waals surface area contributed by atoms with Gasteiger partial charge in [0, 0.05) is 18.1 Å². The molecular weight excluding hydrogens is 372 g/mol. The first-order valence-corrected chi connectivity index (χ1v) is 10.2. The lowest BCUT2D eigenvalue weighted by Crippen LogP contribution is -2.49. The molecule has 0 radical (unpaired) electrons. The summed E-state index contributed by atoms with van der Waals surface area (Å²) in [6.45, 7) is 5.01. The number of unbranched alkanes of at least 4 members (excludes halogenated alkanes) is 1. The summed E-state index contributed by atoms with van der Waals surface area (Å²) < 4.78 is 0.